The molecule has 1 saturated heterocycles. The van der Waals surface area contributed by atoms with Crippen molar-refractivity contribution in [3.8, 4) is 0 Å². The Bertz CT molecular complexity index is 389. The minimum atomic E-state index is 1.01. The maximum atomic E-state index is 3.62. The first-order chi connectivity index (χ1) is 10.4. The van der Waals surface area contributed by atoms with Crippen molar-refractivity contribution in [2.24, 2.45) is 0 Å². The second-order valence-corrected chi connectivity index (χ2v) is 6.89. The largest absolute Gasteiger partial charge is 0.371 e. The van der Waals surface area contributed by atoms with Crippen LogP contribution in [0.3, 0.4) is 0 Å². The molecule has 1 N–H and O–H groups in total. The number of benzene rings is 1. The van der Waals surface area contributed by atoms with E-state index in [2.05, 4.69) is 40.7 Å². The molecule has 0 amide bonds. The van der Waals surface area contributed by atoms with Gasteiger partial charge in [-0.3, -0.25) is 0 Å². The third-order valence-corrected chi connectivity index (χ3v) is 4.90. The first-order valence-electron chi connectivity index (χ1n) is 8.44. The first kappa shape index (κ1) is 16.7. The van der Waals surface area contributed by atoms with Crippen molar-refractivity contribution in [1.29, 1.82) is 0 Å². The molecule has 1 aliphatic heterocycles. The van der Waals surface area contributed by atoms with Crippen LogP contribution in [0.25, 0.3) is 0 Å². The Morgan fingerprint density at radius 2 is 1.81 bits per heavy atom. The van der Waals surface area contributed by atoms with Gasteiger partial charge in [0.25, 0.3) is 0 Å². The molecule has 0 saturated carbocycles. The van der Waals surface area contributed by atoms with Crippen LogP contribution in [0.2, 0.25) is 0 Å². The molecule has 118 valence electrons. The van der Waals surface area contributed by atoms with E-state index in [0.29, 0.717) is 0 Å². The second-order valence-electron chi connectivity index (χ2n) is 5.91. The number of para-hydroxylation sites is 1. The van der Waals surface area contributed by atoms with Crippen LogP contribution in [0.1, 0.15) is 44.1 Å². The van der Waals surface area contributed by atoms with Crippen molar-refractivity contribution in [2.75, 3.05) is 36.5 Å². The van der Waals surface area contributed by atoms with Crippen LogP contribution >= 0.6 is 11.8 Å². The standard InChI is InChI=1S/C18H30N2S/c1-21-15-9-3-2-6-12-19-16-17-10-4-5-11-18(17)20-13-7-8-14-20/h4-5,10-11,19H,2-3,6-9,12-16H2,1H3. The normalized spacial score (nSPS) is 14.8. The summed E-state index contributed by atoms with van der Waals surface area (Å²) >= 11 is 1.96. The third kappa shape index (κ3) is 5.91. The molecule has 2 rings (SSSR count). The Balaban J connectivity index is 1.66. The lowest BCUT2D eigenvalue weighted by molar-refractivity contribution is 0.599. The average molecular weight is 307 g/mol. The van der Waals surface area contributed by atoms with Crippen LogP contribution < -0.4 is 10.2 Å². The van der Waals surface area contributed by atoms with Gasteiger partial charge in [-0.05, 0) is 55.9 Å². The summed E-state index contributed by atoms with van der Waals surface area (Å²) in [6.07, 6.45) is 10.3. The highest BCUT2D eigenvalue weighted by Crippen LogP contribution is 2.24. The summed E-state index contributed by atoms with van der Waals surface area (Å²) in [6, 6.07) is 8.89. The zero-order chi connectivity index (χ0) is 14.8. The van der Waals surface area contributed by atoms with Crippen molar-refractivity contribution in [1.82, 2.24) is 5.32 Å². The zero-order valence-corrected chi connectivity index (χ0v) is 14.3. The van der Waals surface area contributed by atoms with Gasteiger partial charge in [-0.1, -0.05) is 31.0 Å². The van der Waals surface area contributed by atoms with Crippen molar-refractivity contribution < 1.29 is 0 Å². The molecule has 21 heavy (non-hydrogen) atoms. The van der Waals surface area contributed by atoms with Gasteiger partial charge >= 0.3 is 0 Å². The van der Waals surface area contributed by atoms with Gasteiger partial charge in [0.05, 0.1) is 0 Å². The van der Waals surface area contributed by atoms with E-state index in [1.807, 2.05) is 11.8 Å². The zero-order valence-electron chi connectivity index (χ0n) is 13.4. The number of anilines is 1. The van der Waals surface area contributed by atoms with Crippen LogP contribution in [0.4, 0.5) is 5.69 Å². The molecule has 0 bridgehead atoms. The summed E-state index contributed by atoms with van der Waals surface area (Å²) in [6.45, 7) is 4.62. The highest BCUT2D eigenvalue weighted by atomic mass is 32.2. The quantitative estimate of drug-likeness (QED) is 0.649. The molecular weight excluding hydrogens is 276 g/mol. The molecule has 1 fully saturated rings. The Morgan fingerprint density at radius 3 is 2.62 bits per heavy atom. The van der Waals surface area contributed by atoms with Crippen LogP contribution in [-0.2, 0) is 6.54 Å². The number of nitrogens with zero attached hydrogens (tertiary/aromatic N) is 1. The smallest absolute Gasteiger partial charge is 0.0411 e. The molecule has 0 aromatic heterocycles. The number of hydrogen-bond donors (Lipinski definition) is 1. The number of rotatable bonds is 10. The molecular formula is C18H30N2S. The van der Waals surface area contributed by atoms with Gasteiger partial charge in [-0.2, -0.15) is 11.8 Å². The Morgan fingerprint density at radius 1 is 1.05 bits per heavy atom. The SMILES string of the molecule is CSCCCCCCNCc1ccccc1N1CCCC1. The van der Waals surface area contributed by atoms with E-state index in [1.165, 1.54) is 68.6 Å². The maximum Gasteiger partial charge on any atom is 0.0411 e. The summed E-state index contributed by atoms with van der Waals surface area (Å²) < 4.78 is 0. The highest BCUT2D eigenvalue weighted by Gasteiger charge is 2.14. The van der Waals surface area contributed by atoms with Crippen LogP contribution in [0.15, 0.2) is 24.3 Å². The molecule has 1 heterocycles. The summed E-state index contributed by atoms with van der Waals surface area (Å²) in [5, 5.41) is 3.62. The first-order valence-corrected chi connectivity index (χ1v) is 9.83. The fraction of sp³-hybridized carbons (Fsp3) is 0.667. The fourth-order valence-corrected chi connectivity index (χ4v) is 3.49. The second kappa shape index (κ2) is 10.1. The van der Waals surface area contributed by atoms with Crippen molar-refractivity contribution in [3.05, 3.63) is 29.8 Å². The lowest BCUT2D eigenvalue weighted by Crippen LogP contribution is -2.22. The Hall–Kier alpha value is -0.670. The van der Waals surface area contributed by atoms with Gasteiger partial charge in [0.15, 0.2) is 0 Å². The van der Waals surface area contributed by atoms with E-state index >= 15 is 0 Å². The predicted octanol–water partition coefficient (Wildman–Crippen LogP) is 4.30. The minimum Gasteiger partial charge on any atom is -0.371 e. The molecule has 0 aliphatic carbocycles. The predicted molar refractivity (Wildman–Crippen MR) is 96.4 cm³/mol. The third-order valence-electron chi connectivity index (χ3n) is 4.21. The van der Waals surface area contributed by atoms with Crippen molar-refractivity contribution in [2.45, 2.75) is 45.1 Å². The highest BCUT2D eigenvalue weighted by molar-refractivity contribution is 7.98. The van der Waals surface area contributed by atoms with Gasteiger partial charge in [-0.25, -0.2) is 0 Å². The molecule has 1 aromatic carbocycles. The van der Waals surface area contributed by atoms with Gasteiger partial charge < -0.3 is 10.2 Å². The number of hydrogen-bond acceptors (Lipinski definition) is 3. The van der Waals surface area contributed by atoms with Gasteiger partial charge in [0.2, 0.25) is 0 Å². The van der Waals surface area contributed by atoms with Crippen molar-refractivity contribution in [3.63, 3.8) is 0 Å². The average Bonchev–Trinajstić information content (AvgIpc) is 3.04. The molecule has 0 unspecified atom stereocenters. The monoisotopic (exact) mass is 306 g/mol. The van der Waals surface area contributed by atoms with E-state index in [0.717, 1.165) is 13.1 Å². The Labute approximate surface area is 134 Å². The molecule has 3 heteroatoms. The lowest BCUT2D eigenvalue weighted by Gasteiger charge is -2.21. The summed E-state index contributed by atoms with van der Waals surface area (Å²) in [7, 11) is 0. The summed E-state index contributed by atoms with van der Waals surface area (Å²) in [4.78, 5) is 2.54. The number of nitrogens with one attached hydrogen (secondary N) is 1. The van der Waals surface area contributed by atoms with Crippen LogP contribution in [0.5, 0.6) is 0 Å². The molecule has 0 radical (unpaired) electrons. The molecule has 0 atom stereocenters. The number of thioether (sulfide) groups is 1. The van der Waals surface area contributed by atoms with Gasteiger partial charge in [-0.15, -0.1) is 0 Å². The summed E-state index contributed by atoms with van der Waals surface area (Å²) in [5.41, 5.74) is 2.91. The van der Waals surface area contributed by atoms with Crippen molar-refractivity contribution >= 4 is 17.4 Å². The fourth-order valence-electron chi connectivity index (χ4n) is 3.00. The lowest BCUT2D eigenvalue weighted by atomic mass is 10.1. The van der Waals surface area contributed by atoms with E-state index in [-0.39, 0.29) is 0 Å². The summed E-state index contributed by atoms with van der Waals surface area (Å²) in [5.74, 6) is 1.32. The Kier molecular flexibility index (Phi) is 8.05. The van der Waals surface area contributed by atoms with E-state index in [4.69, 9.17) is 0 Å². The van der Waals surface area contributed by atoms with E-state index in [9.17, 15) is 0 Å². The molecule has 1 aliphatic rings. The van der Waals surface area contributed by atoms with E-state index < -0.39 is 0 Å². The number of unbranched alkanes of at least 4 members (excludes halogenated alkanes) is 3. The molecule has 1 aromatic rings. The van der Waals surface area contributed by atoms with Crippen LogP contribution in [0, 0.1) is 0 Å². The molecule has 0 spiro atoms. The molecule has 2 nitrogen and oxygen atoms in total. The van der Waals surface area contributed by atoms with E-state index in [1.54, 1.807) is 0 Å². The topological polar surface area (TPSA) is 15.3 Å². The van der Waals surface area contributed by atoms with Crippen LogP contribution in [-0.4, -0.2) is 31.6 Å². The van der Waals surface area contributed by atoms with Gasteiger partial charge in [0.1, 0.15) is 0 Å². The maximum absolute atomic E-state index is 3.62. The van der Waals surface area contributed by atoms with Gasteiger partial charge in [0, 0.05) is 25.3 Å². The minimum absolute atomic E-state index is 1.01.